The Morgan fingerprint density at radius 3 is 2.48 bits per heavy atom. The van der Waals surface area contributed by atoms with Crippen molar-refractivity contribution in [2.75, 3.05) is 18.0 Å². The minimum Gasteiger partial charge on any atom is -0.371 e. The first-order valence-corrected chi connectivity index (χ1v) is 8.40. The van der Waals surface area contributed by atoms with Gasteiger partial charge >= 0.3 is 0 Å². The van der Waals surface area contributed by atoms with E-state index in [0.717, 1.165) is 31.6 Å². The molecule has 1 fully saturated rings. The Morgan fingerprint density at radius 1 is 1.22 bits per heavy atom. The second-order valence-corrected chi connectivity index (χ2v) is 6.30. The molecule has 1 saturated heterocycles. The van der Waals surface area contributed by atoms with E-state index < -0.39 is 4.92 Å². The van der Waals surface area contributed by atoms with E-state index in [0.29, 0.717) is 5.56 Å². The maximum atomic E-state index is 12.0. The fraction of sp³-hybridized carbons (Fsp3) is 0.312. The quantitative estimate of drug-likeness (QED) is 0.690. The lowest BCUT2D eigenvalue weighted by atomic mass is 10.0. The Morgan fingerprint density at radius 2 is 1.91 bits per heavy atom. The zero-order valence-corrected chi connectivity index (χ0v) is 13.3. The van der Waals surface area contributed by atoms with E-state index in [1.807, 2.05) is 16.8 Å². The van der Waals surface area contributed by atoms with Crippen LogP contribution in [-0.4, -0.2) is 30.0 Å². The number of nitrogens with one attached hydrogen (secondary N) is 1. The highest BCUT2D eigenvalue weighted by Crippen LogP contribution is 2.23. The summed E-state index contributed by atoms with van der Waals surface area (Å²) in [5.74, 6) is -0.0139. The molecule has 2 aromatic rings. The summed E-state index contributed by atoms with van der Waals surface area (Å²) >= 11 is 1.51. The summed E-state index contributed by atoms with van der Waals surface area (Å²) in [6, 6.07) is 8.62. The number of carbonyl (C=O) groups is 1. The van der Waals surface area contributed by atoms with Gasteiger partial charge in [0.05, 0.1) is 4.92 Å². The third-order valence-electron chi connectivity index (χ3n) is 4.04. The summed E-state index contributed by atoms with van der Waals surface area (Å²) in [4.78, 5) is 24.5. The molecule has 0 atom stereocenters. The molecule has 0 spiro atoms. The summed E-state index contributed by atoms with van der Waals surface area (Å²) in [5.41, 5.74) is 1.80. The number of anilines is 1. The Kier molecular flexibility index (Phi) is 4.57. The smallest absolute Gasteiger partial charge is 0.269 e. The maximum Gasteiger partial charge on any atom is 0.269 e. The van der Waals surface area contributed by atoms with E-state index in [2.05, 4.69) is 10.2 Å². The molecule has 1 N–H and O–H groups in total. The Labute approximate surface area is 137 Å². The van der Waals surface area contributed by atoms with E-state index >= 15 is 0 Å². The number of carbonyl (C=O) groups excluding carboxylic acids is 1. The van der Waals surface area contributed by atoms with Gasteiger partial charge in [-0.25, -0.2) is 0 Å². The number of nitro benzene ring substituents is 1. The van der Waals surface area contributed by atoms with Crippen molar-refractivity contribution in [1.29, 1.82) is 0 Å². The average molecular weight is 331 g/mol. The lowest BCUT2D eigenvalue weighted by Gasteiger charge is -2.33. The first kappa shape index (κ1) is 15.5. The van der Waals surface area contributed by atoms with Crippen molar-refractivity contribution < 1.29 is 9.72 Å². The lowest BCUT2D eigenvalue weighted by molar-refractivity contribution is -0.384. The molecule has 1 aliphatic rings. The van der Waals surface area contributed by atoms with Crippen LogP contribution in [0.3, 0.4) is 0 Å². The zero-order valence-electron chi connectivity index (χ0n) is 12.5. The highest BCUT2D eigenvalue weighted by molar-refractivity contribution is 7.08. The van der Waals surface area contributed by atoms with Gasteiger partial charge in [-0.15, -0.1) is 0 Å². The molecule has 23 heavy (non-hydrogen) atoms. The number of nitrogens with zero attached hydrogens (tertiary/aromatic N) is 2. The second kappa shape index (κ2) is 6.78. The minimum absolute atomic E-state index is 0.0139. The van der Waals surface area contributed by atoms with Crippen molar-refractivity contribution in [3.05, 3.63) is 56.8 Å². The topological polar surface area (TPSA) is 75.5 Å². The third kappa shape index (κ3) is 3.68. The molecule has 0 saturated carbocycles. The van der Waals surface area contributed by atoms with Crippen LogP contribution in [0.5, 0.6) is 0 Å². The molecule has 1 aromatic carbocycles. The lowest BCUT2D eigenvalue weighted by Crippen LogP contribution is -2.44. The van der Waals surface area contributed by atoms with Crippen LogP contribution >= 0.6 is 11.3 Å². The van der Waals surface area contributed by atoms with Crippen molar-refractivity contribution in [3.63, 3.8) is 0 Å². The van der Waals surface area contributed by atoms with E-state index in [4.69, 9.17) is 0 Å². The molecule has 0 bridgehead atoms. The van der Waals surface area contributed by atoms with E-state index in [1.165, 1.54) is 23.5 Å². The molecule has 0 aliphatic carbocycles. The molecule has 0 radical (unpaired) electrons. The van der Waals surface area contributed by atoms with Gasteiger partial charge in [-0.3, -0.25) is 14.9 Å². The molecule has 6 nitrogen and oxygen atoms in total. The second-order valence-electron chi connectivity index (χ2n) is 5.52. The summed E-state index contributed by atoms with van der Waals surface area (Å²) in [5, 5.41) is 17.5. The van der Waals surface area contributed by atoms with Gasteiger partial charge in [0.1, 0.15) is 0 Å². The Hall–Kier alpha value is -2.41. The van der Waals surface area contributed by atoms with Crippen molar-refractivity contribution in [3.8, 4) is 0 Å². The molecule has 1 amide bonds. The highest BCUT2D eigenvalue weighted by atomic mass is 32.1. The van der Waals surface area contributed by atoms with Gasteiger partial charge in [-0.2, -0.15) is 11.3 Å². The van der Waals surface area contributed by atoms with Gasteiger partial charge in [0.15, 0.2) is 0 Å². The third-order valence-corrected chi connectivity index (χ3v) is 4.72. The first-order chi connectivity index (χ1) is 11.1. The molecular weight excluding hydrogens is 314 g/mol. The number of nitro groups is 1. The Bertz CT molecular complexity index is 677. The number of thiophene rings is 1. The van der Waals surface area contributed by atoms with Gasteiger partial charge in [0, 0.05) is 47.9 Å². The van der Waals surface area contributed by atoms with Crippen LogP contribution in [0.4, 0.5) is 11.4 Å². The van der Waals surface area contributed by atoms with Gasteiger partial charge in [0.2, 0.25) is 0 Å². The van der Waals surface area contributed by atoms with Crippen molar-refractivity contribution in [2.24, 2.45) is 0 Å². The molecule has 0 unspecified atom stereocenters. The molecule has 7 heteroatoms. The van der Waals surface area contributed by atoms with Crippen LogP contribution in [0.15, 0.2) is 41.1 Å². The van der Waals surface area contributed by atoms with Crippen LogP contribution in [0, 0.1) is 10.1 Å². The van der Waals surface area contributed by atoms with Gasteiger partial charge < -0.3 is 10.2 Å². The number of non-ortho nitro benzene ring substituents is 1. The number of hydrogen-bond acceptors (Lipinski definition) is 5. The van der Waals surface area contributed by atoms with E-state index in [1.54, 1.807) is 12.1 Å². The van der Waals surface area contributed by atoms with Crippen molar-refractivity contribution >= 4 is 28.6 Å². The van der Waals surface area contributed by atoms with Crippen molar-refractivity contribution in [1.82, 2.24) is 5.32 Å². The number of piperidine rings is 1. The van der Waals surface area contributed by atoms with E-state index in [9.17, 15) is 14.9 Å². The summed E-state index contributed by atoms with van der Waals surface area (Å²) in [7, 11) is 0. The van der Waals surface area contributed by atoms with Crippen molar-refractivity contribution in [2.45, 2.75) is 18.9 Å². The Balaban J connectivity index is 1.54. The fourth-order valence-electron chi connectivity index (χ4n) is 2.73. The van der Waals surface area contributed by atoms with Gasteiger partial charge in [-0.05, 0) is 36.4 Å². The van der Waals surface area contributed by atoms with E-state index in [-0.39, 0.29) is 17.6 Å². The molecule has 3 rings (SSSR count). The van der Waals surface area contributed by atoms with Gasteiger partial charge in [-0.1, -0.05) is 0 Å². The van der Waals surface area contributed by atoms with Crippen LogP contribution in [0.1, 0.15) is 23.2 Å². The van der Waals surface area contributed by atoms with Crippen LogP contribution in [0.25, 0.3) is 0 Å². The van der Waals surface area contributed by atoms with Crippen LogP contribution < -0.4 is 10.2 Å². The predicted octanol–water partition coefficient (Wildman–Crippen LogP) is 3.06. The predicted molar refractivity (Wildman–Crippen MR) is 90.1 cm³/mol. The molecular formula is C16H17N3O3S. The monoisotopic (exact) mass is 331 g/mol. The standard InChI is InChI=1S/C16H17N3O3S/c20-16(12-7-10-23-11-12)17-13-5-8-18(9-6-13)14-1-3-15(4-2-14)19(21)22/h1-4,7,10-11,13H,5-6,8-9H2,(H,17,20). The molecule has 120 valence electrons. The number of benzene rings is 1. The number of rotatable bonds is 4. The first-order valence-electron chi connectivity index (χ1n) is 7.46. The van der Waals surface area contributed by atoms with Crippen LogP contribution in [0.2, 0.25) is 0 Å². The van der Waals surface area contributed by atoms with Crippen LogP contribution in [-0.2, 0) is 0 Å². The highest BCUT2D eigenvalue weighted by Gasteiger charge is 2.21. The number of amides is 1. The number of hydrogen-bond donors (Lipinski definition) is 1. The van der Waals surface area contributed by atoms with Gasteiger partial charge in [0.25, 0.3) is 11.6 Å². The minimum atomic E-state index is -0.393. The SMILES string of the molecule is O=C(NC1CCN(c2ccc([N+](=O)[O-])cc2)CC1)c1ccsc1. The fourth-order valence-corrected chi connectivity index (χ4v) is 3.37. The summed E-state index contributed by atoms with van der Waals surface area (Å²) in [6.07, 6.45) is 1.74. The normalized spacial score (nSPS) is 15.4. The largest absolute Gasteiger partial charge is 0.371 e. The summed E-state index contributed by atoms with van der Waals surface area (Å²) in [6.45, 7) is 1.65. The zero-order chi connectivity index (χ0) is 16.2. The molecule has 1 aromatic heterocycles. The maximum absolute atomic E-state index is 12.0. The molecule has 2 heterocycles. The average Bonchev–Trinajstić information content (AvgIpc) is 3.10. The summed E-state index contributed by atoms with van der Waals surface area (Å²) < 4.78 is 0. The molecule has 1 aliphatic heterocycles.